The van der Waals surface area contributed by atoms with Gasteiger partial charge in [-0.15, -0.1) is 0 Å². The fraction of sp³-hybridized carbons (Fsp3) is 0.192. The van der Waals surface area contributed by atoms with Crippen molar-refractivity contribution in [3.05, 3.63) is 86.8 Å². The second-order valence-electron chi connectivity index (χ2n) is 7.81. The molecule has 0 bridgehead atoms. The van der Waals surface area contributed by atoms with Gasteiger partial charge in [0.25, 0.3) is 5.91 Å². The lowest BCUT2D eigenvalue weighted by Crippen LogP contribution is -2.24. The van der Waals surface area contributed by atoms with E-state index in [1.165, 1.54) is 6.21 Å². The van der Waals surface area contributed by atoms with E-state index in [1.807, 2.05) is 30.3 Å². The Labute approximate surface area is 216 Å². The van der Waals surface area contributed by atoms with E-state index in [9.17, 15) is 9.59 Å². The Morgan fingerprint density at radius 1 is 1.20 bits per heavy atom. The summed E-state index contributed by atoms with van der Waals surface area (Å²) in [4.78, 5) is 26.3. The molecule has 0 radical (unpaired) electrons. The summed E-state index contributed by atoms with van der Waals surface area (Å²) in [5.74, 6) is 0.726. The van der Waals surface area contributed by atoms with E-state index in [4.69, 9.17) is 21.1 Å². The van der Waals surface area contributed by atoms with E-state index in [0.717, 1.165) is 12.0 Å². The topological polar surface area (TPSA) is 80.2 Å². The molecule has 1 fully saturated rings. The smallest absolute Gasteiger partial charge is 0.271 e. The fourth-order valence-corrected chi connectivity index (χ4v) is 4.45. The minimum atomic E-state index is -0.375. The Bertz CT molecular complexity index is 1280. The van der Waals surface area contributed by atoms with Gasteiger partial charge in [0.1, 0.15) is 6.61 Å². The minimum Gasteiger partial charge on any atom is -0.493 e. The maximum absolute atomic E-state index is 12.6. The van der Waals surface area contributed by atoms with Crippen LogP contribution in [0.2, 0.25) is 5.02 Å². The van der Waals surface area contributed by atoms with Crippen LogP contribution in [0, 0.1) is 0 Å². The van der Waals surface area contributed by atoms with E-state index in [-0.39, 0.29) is 18.4 Å². The molecule has 0 atom stereocenters. The van der Waals surface area contributed by atoms with E-state index in [0.29, 0.717) is 50.8 Å². The number of benzene rings is 3. The van der Waals surface area contributed by atoms with Gasteiger partial charge >= 0.3 is 0 Å². The van der Waals surface area contributed by atoms with Crippen LogP contribution in [0.4, 0.5) is 5.69 Å². The van der Waals surface area contributed by atoms with Crippen molar-refractivity contribution in [2.45, 2.75) is 19.4 Å². The Morgan fingerprint density at radius 3 is 2.77 bits per heavy atom. The van der Waals surface area contributed by atoms with Crippen LogP contribution < -0.4 is 19.8 Å². The van der Waals surface area contributed by atoms with E-state index >= 15 is 0 Å². The monoisotopic (exact) mass is 555 g/mol. The number of methoxy groups -OCH3 is 1. The molecule has 0 saturated carbocycles. The molecule has 9 heteroatoms. The predicted octanol–water partition coefficient (Wildman–Crippen LogP) is 5.58. The largest absolute Gasteiger partial charge is 0.493 e. The van der Waals surface area contributed by atoms with Crippen LogP contribution in [0.25, 0.3) is 0 Å². The molecule has 7 nitrogen and oxygen atoms in total. The number of carbonyl (C=O) groups excluding carboxylic acids is 2. The molecule has 3 aromatic carbocycles. The first-order valence-electron chi connectivity index (χ1n) is 10.9. The number of ether oxygens (including phenoxy) is 2. The molecule has 1 heterocycles. The van der Waals surface area contributed by atoms with Crippen molar-refractivity contribution >= 4 is 51.2 Å². The van der Waals surface area contributed by atoms with Crippen LogP contribution in [0.1, 0.15) is 34.3 Å². The molecule has 0 spiro atoms. The maximum Gasteiger partial charge on any atom is 0.271 e. The number of halogens is 2. The summed E-state index contributed by atoms with van der Waals surface area (Å²) in [7, 11) is 1.55. The van der Waals surface area contributed by atoms with E-state index < -0.39 is 0 Å². The van der Waals surface area contributed by atoms with Gasteiger partial charge in [0.05, 0.1) is 17.8 Å². The summed E-state index contributed by atoms with van der Waals surface area (Å²) >= 11 is 9.73. The highest BCUT2D eigenvalue weighted by Gasteiger charge is 2.22. The lowest BCUT2D eigenvalue weighted by Gasteiger charge is -2.16. The van der Waals surface area contributed by atoms with Crippen molar-refractivity contribution in [1.29, 1.82) is 0 Å². The van der Waals surface area contributed by atoms with Crippen molar-refractivity contribution in [3.8, 4) is 11.5 Å². The molecule has 0 aliphatic carbocycles. The Balaban J connectivity index is 1.42. The number of nitrogens with one attached hydrogen (secondary N) is 1. The molecule has 2 amide bonds. The minimum absolute atomic E-state index is 0.0689. The van der Waals surface area contributed by atoms with Crippen molar-refractivity contribution in [1.82, 2.24) is 5.43 Å². The van der Waals surface area contributed by atoms with Gasteiger partial charge in [-0.1, -0.05) is 35.9 Å². The predicted molar refractivity (Wildman–Crippen MR) is 140 cm³/mol. The summed E-state index contributed by atoms with van der Waals surface area (Å²) in [6.07, 6.45) is 2.86. The van der Waals surface area contributed by atoms with Gasteiger partial charge in [0.2, 0.25) is 5.91 Å². The van der Waals surface area contributed by atoms with E-state index in [1.54, 1.807) is 42.3 Å². The Morgan fingerprint density at radius 2 is 2.03 bits per heavy atom. The third-order valence-electron chi connectivity index (χ3n) is 5.45. The zero-order valence-corrected chi connectivity index (χ0v) is 21.3. The van der Waals surface area contributed by atoms with Crippen LogP contribution in [-0.4, -0.2) is 31.7 Å². The third-order valence-corrected chi connectivity index (χ3v) is 6.41. The second kappa shape index (κ2) is 11.4. The zero-order chi connectivity index (χ0) is 24.8. The summed E-state index contributed by atoms with van der Waals surface area (Å²) in [5, 5.41) is 4.70. The van der Waals surface area contributed by atoms with Gasteiger partial charge in [0.15, 0.2) is 11.5 Å². The third kappa shape index (κ3) is 6.01. The van der Waals surface area contributed by atoms with Gasteiger partial charge in [-0.3, -0.25) is 9.59 Å². The Kier molecular flexibility index (Phi) is 8.05. The van der Waals surface area contributed by atoms with Gasteiger partial charge in [-0.2, -0.15) is 5.10 Å². The normalized spacial score (nSPS) is 13.3. The molecule has 1 N–H and O–H groups in total. The van der Waals surface area contributed by atoms with Crippen LogP contribution in [-0.2, 0) is 11.4 Å². The molecule has 4 rings (SSSR count). The number of nitrogens with zero attached hydrogens (tertiary/aromatic N) is 2. The summed E-state index contributed by atoms with van der Waals surface area (Å²) in [6.45, 7) is 0.942. The Hall–Kier alpha value is -3.36. The lowest BCUT2D eigenvalue weighted by atomic mass is 10.2. The van der Waals surface area contributed by atoms with Crippen LogP contribution >= 0.6 is 27.5 Å². The van der Waals surface area contributed by atoms with Gasteiger partial charge in [-0.25, -0.2) is 5.43 Å². The number of anilines is 1. The number of amides is 2. The molecule has 1 aliphatic rings. The number of hydrogen-bond donors (Lipinski definition) is 1. The van der Waals surface area contributed by atoms with Crippen LogP contribution in [0.3, 0.4) is 0 Å². The van der Waals surface area contributed by atoms with Gasteiger partial charge < -0.3 is 14.4 Å². The van der Waals surface area contributed by atoms with Crippen molar-refractivity contribution in [2.24, 2.45) is 5.10 Å². The average Bonchev–Trinajstić information content (AvgIpc) is 3.30. The van der Waals surface area contributed by atoms with Gasteiger partial charge in [-0.05, 0) is 64.3 Å². The highest BCUT2D eigenvalue weighted by Crippen LogP contribution is 2.37. The molecule has 3 aromatic rings. The number of carbonyl (C=O) groups is 2. The molecule has 1 aliphatic heterocycles. The van der Waals surface area contributed by atoms with E-state index in [2.05, 4.69) is 26.5 Å². The SMILES string of the molecule is COc1cc(C=NNC(=O)c2cccc(N3CCCC3=O)c2)cc(Br)c1OCc1ccccc1Cl. The number of hydrogen-bond acceptors (Lipinski definition) is 5. The molecule has 0 unspecified atom stereocenters. The number of rotatable bonds is 8. The average molecular weight is 557 g/mol. The molecule has 1 saturated heterocycles. The summed E-state index contributed by atoms with van der Waals surface area (Å²) in [6, 6.07) is 18.0. The zero-order valence-electron chi connectivity index (χ0n) is 19.0. The highest BCUT2D eigenvalue weighted by atomic mass is 79.9. The first-order valence-corrected chi connectivity index (χ1v) is 12.1. The molecule has 180 valence electrons. The van der Waals surface area contributed by atoms with Crippen molar-refractivity contribution in [2.75, 3.05) is 18.6 Å². The molecular formula is C26H23BrClN3O4. The standard InChI is InChI=1S/C26H23BrClN3O4/c1-34-23-13-17(12-21(27)25(23)35-16-19-6-2-3-9-22(19)28)15-29-30-26(33)18-7-4-8-20(14-18)31-11-5-10-24(31)32/h2-4,6-9,12-15H,5,10-11,16H2,1H3,(H,30,33). The summed E-state index contributed by atoms with van der Waals surface area (Å²) < 4.78 is 12.1. The lowest BCUT2D eigenvalue weighted by molar-refractivity contribution is -0.117. The first kappa shape index (κ1) is 24.8. The van der Waals surface area contributed by atoms with Crippen LogP contribution in [0.5, 0.6) is 11.5 Å². The molecule has 35 heavy (non-hydrogen) atoms. The van der Waals surface area contributed by atoms with Gasteiger partial charge in [0, 0.05) is 34.8 Å². The summed E-state index contributed by atoms with van der Waals surface area (Å²) in [5.41, 5.74) is 5.20. The molecule has 0 aromatic heterocycles. The second-order valence-corrected chi connectivity index (χ2v) is 9.07. The highest BCUT2D eigenvalue weighted by molar-refractivity contribution is 9.10. The van der Waals surface area contributed by atoms with Crippen molar-refractivity contribution in [3.63, 3.8) is 0 Å². The fourth-order valence-electron chi connectivity index (χ4n) is 3.69. The maximum atomic E-state index is 12.6. The van der Waals surface area contributed by atoms with Crippen LogP contribution in [0.15, 0.2) is 70.2 Å². The van der Waals surface area contributed by atoms with Crippen molar-refractivity contribution < 1.29 is 19.1 Å². The molecular weight excluding hydrogens is 534 g/mol. The quantitative estimate of drug-likeness (QED) is 0.290. The first-order chi connectivity index (χ1) is 17.0. The number of hydrazone groups is 1.